The van der Waals surface area contributed by atoms with Gasteiger partial charge in [-0.25, -0.2) is 8.78 Å². The first-order valence-corrected chi connectivity index (χ1v) is 9.75. The van der Waals surface area contributed by atoms with Crippen molar-refractivity contribution in [3.05, 3.63) is 41.2 Å². The largest absolute Gasteiger partial charge is 0.384 e. The van der Waals surface area contributed by atoms with Crippen LogP contribution in [0.4, 0.5) is 8.78 Å². The van der Waals surface area contributed by atoms with Gasteiger partial charge in [0.15, 0.2) is 5.16 Å². The summed E-state index contributed by atoms with van der Waals surface area (Å²) in [7, 11) is 3.68. The summed E-state index contributed by atoms with van der Waals surface area (Å²) in [5.74, 6) is 1.21. The van der Waals surface area contributed by atoms with E-state index in [9.17, 15) is 8.78 Å². The van der Waals surface area contributed by atoms with Crippen LogP contribution in [0.25, 0.3) is 0 Å². The Labute approximate surface area is 156 Å². The SMILES string of the molecule is COCCSc1nnc(C2CCN(Cc3c(F)cccc3F)CC2)n1C. The van der Waals surface area contributed by atoms with Crippen LogP contribution < -0.4 is 0 Å². The van der Waals surface area contributed by atoms with Crippen molar-refractivity contribution in [2.45, 2.75) is 30.5 Å². The number of benzene rings is 1. The molecule has 5 nitrogen and oxygen atoms in total. The van der Waals surface area contributed by atoms with E-state index >= 15 is 0 Å². The minimum atomic E-state index is -0.474. The van der Waals surface area contributed by atoms with Crippen LogP contribution in [-0.4, -0.2) is 52.2 Å². The zero-order valence-corrected chi connectivity index (χ0v) is 15.9. The molecule has 0 N–H and O–H groups in total. The summed E-state index contributed by atoms with van der Waals surface area (Å²) < 4.78 is 34.8. The molecule has 0 spiro atoms. The maximum absolute atomic E-state index is 13.8. The van der Waals surface area contributed by atoms with Crippen LogP contribution in [0.5, 0.6) is 0 Å². The molecule has 1 aliphatic rings. The molecule has 1 aliphatic heterocycles. The Morgan fingerprint density at radius 3 is 2.54 bits per heavy atom. The minimum Gasteiger partial charge on any atom is -0.384 e. The third-order valence-corrected chi connectivity index (χ3v) is 5.77. The van der Waals surface area contributed by atoms with Crippen LogP contribution >= 0.6 is 11.8 Å². The van der Waals surface area contributed by atoms with Crippen molar-refractivity contribution in [2.75, 3.05) is 32.6 Å². The van der Waals surface area contributed by atoms with Gasteiger partial charge in [-0.2, -0.15) is 0 Å². The second kappa shape index (κ2) is 8.92. The van der Waals surface area contributed by atoms with E-state index in [0.717, 1.165) is 42.7 Å². The van der Waals surface area contributed by atoms with Crippen molar-refractivity contribution in [2.24, 2.45) is 7.05 Å². The number of thioether (sulfide) groups is 1. The summed E-state index contributed by atoms with van der Waals surface area (Å²) in [4.78, 5) is 2.10. The highest BCUT2D eigenvalue weighted by Gasteiger charge is 2.26. The van der Waals surface area contributed by atoms with Gasteiger partial charge < -0.3 is 9.30 Å². The van der Waals surface area contributed by atoms with Gasteiger partial charge in [0.2, 0.25) is 0 Å². The van der Waals surface area contributed by atoms with Gasteiger partial charge in [0.25, 0.3) is 0 Å². The maximum Gasteiger partial charge on any atom is 0.191 e. The van der Waals surface area contributed by atoms with Gasteiger partial charge in [-0.15, -0.1) is 10.2 Å². The molecule has 1 aromatic carbocycles. The molecule has 0 atom stereocenters. The van der Waals surface area contributed by atoms with Crippen LogP contribution in [0.1, 0.15) is 30.1 Å². The van der Waals surface area contributed by atoms with Crippen molar-refractivity contribution in [1.29, 1.82) is 0 Å². The highest BCUT2D eigenvalue weighted by atomic mass is 32.2. The fraction of sp³-hybridized carbons (Fsp3) is 0.556. The Morgan fingerprint density at radius 1 is 1.19 bits per heavy atom. The summed E-state index contributed by atoms with van der Waals surface area (Å²) in [6.07, 6.45) is 1.82. The van der Waals surface area contributed by atoms with E-state index in [4.69, 9.17) is 4.74 Å². The summed E-state index contributed by atoms with van der Waals surface area (Å²) in [5.41, 5.74) is 0.154. The smallest absolute Gasteiger partial charge is 0.191 e. The molecule has 1 saturated heterocycles. The van der Waals surface area contributed by atoms with Crippen molar-refractivity contribution in [3.8, 4) is 0 Å². The Morgan fingerprint density at radius 2 is 1.88 bits per heavy atom. The number of ether oxygens (including phenoxy) is 1. The number of aromatic nitrogens is 3. The summed E-state index contributed by atoms with van der Waals surface area (Å²) >= 11 is 1.63. The Hall–Kier alpha value is -1.51. The predicted molar refractivity (Wildman–Crippen MR) is 97.2 cm³/mol. The van der Waals surface area contributed by atoms with E-state index in [1.807, 2.05) is 7.05 Å². The Kier molecular flexibility index (Phi) is 6.61. The van der Waals surface area contributed by atoms with Gasteiger partial charge in [0.05, 0.1) is 6.61 Å². The number of hydrogen-bond acceptors (Lipinski definition) is 5. The standard InChI is InChI=1S/C18H24F2N4OS/c1-23-17(21-22-18(23)26-11-10-25-2)13-6-8-24(9-7-13)12-14-15(19)4-3-5-16(14)20/h3-5,13H,6-12H2,1-2H3. The molecule has 26 heavy (non-hydrogen) atoms. The molecule has 0 bridgehead atoms. The van der Waals surface area contributed by atoms with Crippen LogP contribution in [0.2, 0.25) is 0 Å². The molecule has 0 aliphatic carbocycles. The summed E-state index contributed by atoms with van der Waals surface area (Å²) in [6, 6.07) is 4.03. The molecule has 0 amide bonds. The molecular formula is C18H24F2N4OS. The van der Waals surface area contributed by atoms with Gasteiger partial charge in [0.1, 0.15) is 17.5 Å². The molecular weight excluding hydrogens is 358 g/mol. The van der Waals surface area contributed by atoms with Crippen LogP contribution in [0.15, 0.2) is 23.4 Å². The van der Waals surface area contributed by atoms with Gasteiger partial charge in [-0.05, 0) is 38.1 Å². The van der Waals surface area contributed by atoms with Gasteiger partial charge >= 0.3 is 0 Å². The quantitative estimate of drug-likeness (QED) is 0.543. The second-order valence-corrected chi connectivity index (χ2v) is 7.55. The molecule has 0 unspecified atom stereocenters. The Bertz CT molecular complexity index is 712. The van der Waals surface area contributed by atoms with Crippen LogP contribution in [0.3, 0.4) is 0 Å². The van der Waals surface area contributed by atoms with Crippen LogP contribution in [0, 0.1) is 11.6 Å². The number of likely N-dealkylation sites (tertiary alicyclic amines) is 1. The lowest BCUT2D eigenvalue weighted by molar-refractivity contribution is 0.195. The fourth-order valence-corrected chi connectivity index (χ4v) is 4.10. The minimum absolute atomic E-state index is 0.154. The fourth-order valence-electron chi connectivity index (χ4n) is 3.28. The lowest BCUT2D eigenvalue weighted by atomic mass is 9.95. The molecule has 142 valence electrons. The molecule has 2 heterocycles. The lowest BCUT2D eigenvalue weighted by Gasteiger charge is -2.31. The zero-order valence-electron chi connectivity index (χ0n) is 15.1. The van der Waals surface area contributed by atoms with Gasteiger partial charge in [0, 0.05) is 37.9 Å². The van der Waals surface area contributed by atoms with Gasteiger partial charge in [-0.1, -0.05) is 17.8 Å². The van der Waals surface area contributed by atoms with Crippen molar-refractivity contribution < 1.29 is 13.5 Å². The average Bonchev–Trinajstić information content (AvgIpc) is 3.00. The molecule has 8 heteroatoms. The third kappa shape index (κ3) is 4.42. The molecule has 2 aromatic rings. The van der Waals surface area contributed by atoms with Crippen molar-refractivity contribution in [1.82, 2.24) is 19.7 Å². The van der Waals surface area contributed by atoms with Gasteiger partial charge in [-0.3, -0.25) is 4.90 Å². The topological polar surface area (TPSA) is 43.2 Å². The molecule has 3 rings (SSSR count). The monoisotopic (exact) mass is 382 g/mol. The maximum atomic E-state index is 13.8. The number of hydrogen-bond donors (Lipinski definition) is 0. The van der Waals surface area contributed by atoms with E-state index in [-0.39, 0.29) is 5.56 Å². The molecule has 1 fully saturated rings. The number of halogens is 2. The average molecular weight is 382 g/mol. The first-order valence-electron chi connectivity index (χ1n) is 8.76. The number of nitrogens with zero attached hydrogens (tertiary/aromatic N) is 4. The Balaban J connectivity index is 1.57. The highest BCUT2D eigenvalue weighted by molar-refractivity contribution is 7.99. The number of piperidine rings is 1. The number of rotatable bonds is 7. The molecule has 0 saturated carbocycles. The lowest BCUT2D eigenvalue weighted by Crippen LogP contribution is -2.33. The molecule has 0 radical (unpaired) electrons. The van der Waals surface area contributed by atoms with E-state index in [1.165, 1.54) is 18.2 Å². The van der Waals surface area contributed by atoms with E-state index in [1.54, 1.807) is 18.9 Å². The second-order valence-electron chi connectivity index (χ2n) is 6.49. The normalized spacial score (nSPS) is 16.3. The summed E-state index contributed by atoms with van der Waals surface area (Å²) in [5, 5.41) is 9.54. The highest BCUT2D eigenvalue weighted by Crippen LogP contribution is 2.29. The summed E-state index contributed by atoms with van der Waals surface area (Å²) in [6.45, 7) is 2.56. The van der Waals surface area contributed by atoms with E-state index in [2.05, 4.69) is 19.7 Å². The zero-order chi connectivity index (χ0) is 18.5. The number of methoxy groups -OCH3 is 1. The van der Waals surface area contributed by atoms with E-state index in [0.29, 0.717) is 19.1 Å². The third-order valence-electron chi connectivity index (χ3n) is 4.78. The van der Waals surface area contributed by atoms with Crippen molar-refractivity contribution in [3.63, 3.8) is 0 Å². The first-order chi connectivity index (χ1) is 12.6. The predicted octanol–water partition coefficient (Wildman–Crippen LogP) is 3.21. The van der Waals surface area contributed by atoms with Crippen molar-refractivity contribution >= 4 is 11.8 Å². The molecule has 1 aromatic heterocycles. The van der Waals surface area contributed by atoms with E-state index < -0.39 is 11.6 Å². The van der Waals surface area contributed by atoms with Crippen LogP contribution in [-0.2, 0) is 18.3 Å². The first kappa shape index (κ1) is 19.3.